The Balaban J connectivity index is 1.90. The highest BCUT2D eigenvalue weighted by Crippen LogP contribution is 2.22. The number of aromatic nitrogens is 2. The van der Waals surface area contributed by atoms with Gasteiger partial charge >= 0.3 is 6.01 Å². The summed E-state index contributed by atoms with van der Waals surface area (Å²) in [6.45, 7) is 5.84. The van der Waals surface area contributed by atoms with Crippen molar-refractivity contribution in [2.24, 2.45) is 5.92 Å². The van der Waals surface area contributed by atoms with E-state index in [2.05, 4.69) is 27.8 Å². The van der Waals surface area contributed by atoms with Gasteiger partial charge in [0.05, 0.1) is 6.04 Å². The number of hydrogen-bond donors (Lipinski definition) is 2. The van der Waals surface area contributed by atoms with Crippen molar-refractivity contribution < 1.29 is 9.15 Å². The van der Waals surface area contributed by atoms with Gasteiger partial charge < -0.3 is 19.8 Å². The van der Waals surface area contributed by atoms with E-state index in [4.69, 9.17) is 9.15 Å². The minimum Gasteiger partial charge on any atom is -0.406 e. The fraction of sp³-hybridized carbons (Fsp3) is 0.833. The molecule has 1 aliphatic heterocycles. The SMILES string of the molecule is CNC(C)c1nnc(NC(C)C2CCOCC2)o1. The Hall–Kier alpha value is -1.14. The molecule has 1 aliphatic rings. The van der Waals surface area contributed by atoms with Gasteiger partial charge in [-0.15, -0.1) is 5.10 Å². The number of nitrogens with zero attached hydrogens (tertiary/aromatic N) is 2. The van der Waals surface area contributed by atoms with Gasteiger partial charge in [-0.1, -0.05) is 5.10 Å². The molecule has 0 aliphatic carbocycles. The molecule has 102 valence electrons. The van der Waals surface area contributed by atoms with E-state index < -0.39 is 0 Å². The third-order valence-electron chi connectivity index (χ3n) is 3.57. The van der Waals surface area contributed by atoms with Crippen LogP contribution in [0.15, 0.2) is 4.42 Å². The molecule has 1 fully saturated rings. The predicted octanol–water partition coefficient (Wildman–Crippen LogP) is 1.58. The summed E-state index contributed by atoms with van der Waals surface area (Å²) < 4.78 is 10.9. The van der Waals surface area contributed by atoms with Crippen LogP contribution in [0.25, 0.3) is 0 Å². The van der Waals surface area contributed by atoms with Gasteiger partial charge in [0.2, 0.25) is 5.89 Å². The van der Waals surface area contributed by atoms with Crippen molar-refractivity contribution in [3.8, 4) is 0 Å². The van der Waals surface area contributed by atoms with Crippen molar-refractivity contribution >= 4 is 6.01 Å². The van der Waals surface area contributed by atoms with Gasteiger partial charge in [-0.3, -0.25) is 0 Å². The van der Waals surface area contributed by atoms with Crippen molar-refractivity contribution in [2.45, 2.75) is 38.8 Å². The lowest BCUT2D eigenvalue weighted by molar-refractivity contribution is 0.0620. The summed E-state index contributed by atoms with van der Waals surface area (Å²) in [5, 5.41) is 14.4. The summed E-state index contributed by atoms with van der Waals surface area (Å²) in [5.74, 6) is 1.22. The third-order valence-corrected chi connectivity index (χ3v) is 3.57. The first-order valence-corrected chi connectivity index (χ1v) is 6.55. The van der Waals surface area contributed by atoms with Gasteiger partial charge in [-0.25, -0.2) is 0 Å². The van der Waals surface area contributed by atoms with Crippen LogP contribution in [0.2, 0.25) is 0 Å². The minimum atomic E-state index is 0.0754. The van der Waals surface area contributed by atoms with E-state index >= 15 is 0 Å². The summed E-state index contributed by atoms with van der Waals surface area (Å²) in [4.78, 5) is 0. The average molecular weight is 254 g/mol. The largest absolute Gasteiger partial charge is 0.406 e. The van der Waals surface area contributed by atoms with Crippen LogP contribution in [-0.4, -0.2) is 36.5 Å². The lowest BCUT2D eigenvalue weighted by atomic mass is 9.93. The van der Waals surface area contributed by atoms with Crippen LogP contribution in [0.5, 0.6) is 0 Å². The zero-order valence-corrected chi connectivity index (χ0v) is 11.3. The highest BCUT2D eigenvalue weighted by atomic mass is 16.5. The van der Waals surface area contributed by atoms with Crippen LogP contribution >= 0.6 is 0 Å². The fourth-order valence-corrected chi connectivity index (χ4v) is 2.12. The molecular weight excluding hydrogens is 232 g/mol. The Morgan fingerprint density at radius 1 is 1.22 bits per heavy atom. The van der Waals surface area contributed by atoms with Gasteiger partial charge in [0, 0.05) is 19.3 Å². The molecule has 0 aromatic carbocycles. The van der Waals surface area contributed by atoms with E-state index in [1.807, 2.05) is 14.0 Å². The van der Waals surface area contributed by atoms with Crippen LogP contribution in [0.1, 0.15) is 38.6 Å². The van der Waals surface area contributed by atoms with Gasteiger partial charge in [0.15, 0.2) is 0 Å². The van der Waals surface area contributed by atoms with Gasteiger partial charge in [0.1, 0.15) is 0 Å². The van der Waals surface area contributed by atoms with Gasteiger partial charge in [0.25, 0.3) is 0 Å². The smallest absolute Gasteiger partial charge is 0.315 e. The Morgan fingerprint density at radius 3 is 2.61 bits per heavy atom. The number of ether oxygens (including phenoxy) is 1. The first-order valence-electron chi connectivity index (χ1n) is 6.55. The molecule has 6 nitrogen and oxygen atoms in total. The van der Waals surface area contributed by atoms with E-state index in [9.17, 15) is 0 Å². The molecule has 18 heavy (non-hydrogen) atoms. The van der Waals surface area contributed by atoms with Crippen LogP contribution < -0.4 is 10.6 Å². The normalized spacial score (nSPS) is 20.6. The molecule has 1 aromatic heterocycles. The molecule has 2 rings (SSSR count). The zero-order chi connectivity index (χ0) is 13.0. The fourth-order valence-electron chi connectivity index (χ4n) is 2.12. The molecule has 6 heteroatoms. The van der Waals surface area contributed by atoms with Crippen molar-refractivity contribution in [3.63, 3.8) is 0 Å². The predicted molar refractivity (Wildman–Crippen MR) is 68.4 cm³/mol. The topological polar surface area (TPSA) is 72.2 Å². The summed E-state index contributed by atoms with van der Waals surface area (Å²) in [6, 6.07) is 0.907. The second-order valence-electron chi connectivity index (χ2n) is 4.84. The summed E-state index contributed by atoms with van der Waals surface area (Å²) in [5.41, 5.74) is 0. The Labute approximate surface area is 107 Å². The van der Waals surface area contributed by atoms with Gasteiger partial charge in [-0.2, -0.15) is 0 Å². The molecule has 0 bridgehead atoms. The quantitative estimate of drug-likeness (QED) is 0.831. The van der Waals surface area contributed by atoms with Crippen LogP contribution in [0, 0.1) is 5.92 Å². The Bertz CT molecular complexity index is 363. The van der Waals surface area contributed by atoms with Crippen molar-refractivity contribution in [3.05, 3.63) is 5.89 Å². The van der Waals surface area contributed by atoms with E-state index in [1.54, 1.807) is 0 Å². The molecule has 2 atom stereocenters. The van der Waals surface area contributed by atoms with E-state index in [-0.39, 0.29) is 6.04 Å². The maximum atomic E-state index is 5.57. The minimum absolute atomic E-state index is 0.0754. The number of anilines is 1. The zero-order valence-electron chi connectivity index (χ0n) is 11.3. The third kappa shape index (κ3) is 3.20. The molecule has 2 N–H and O–H groups in total. The van der Waals surface area contributed by atoms with E-state index in [0.29, 0.717) is 23.9 Å². The molecule has 0 spiro atoms. The second-order valence-corrected chi connectivity index (χ2v) is 4.84. The molecule has 2 heterocycles. The van der Waals surface area contributed by atoms with Crippen molar-refractivity contribution in [2.75, 3.05) is 25.6 Å². The van der Waals surface area contributed by atoms with Gasteiger partial charge in [-0.05, 0) is 39.7 Å². The first kappa shape index (κ1) is 13.3. The number of rotatable bonds is 5. The summed E-state index contributed by atoms with van der Waals surface area (Å²) >= 11 is 0. The molecular formula is C12H22N4O2. The Kier molecular flexibility index (Phi) is 4.54. The number of nitrogens with one attached hydrogen (secondary N) is 2. The lowest BCUT2D eigenvalue weighted by Gasteiger charge is -2.27. The van der Waals surface area contributed by atoms with Crippen LogP contribution in [0.4, 0.5) is 6.01 Å². The lowest BCUT2D eigenvalue weighted by Crippen LogP contribution is -2.31. The maximum Gasteiger partial charge on any atom is 0.315 e. The van der Waals surface area contributed by atoms with E-state index in [1.165, 1.54) is 0 Å². The maximum absolute atomic E-state index is 5.57. The molecule has 2 unspecified atom stereocenters. The molecule has 1 saturated heterocycles. The monoisotopic (exact) mass is 254 g/mol. The molecule has 1 aromatic rings. The van der Waals surface area contributed by atoms with Crippen molar-refractivity contribution in [1.29, 1.82) is 0 Å². The average Bonchev–Trinajstić information content (AvgIpc) is 2.87. The van der Waals surface area contributed by atoms with Crippen molar-refractivity contribution in [1.82, 2.24) is 15.5 Å². The van der Waals surface area contributed by atoms with Crippen LogP contribution in [-0.2, 0) is 4.74 Å². The summed E-state index contributed by atoms with van der Waals surface area (Å²) in [6.07, 6.45) is 2.17. The molecule has 0 radical (unpaired) electrons. The standard InChI is InChI=1S/C12H22N4O2/c1-8(10-4-6-17-7-5-10)14-12-16-15-11(18-12)9(2)13-3/h8-10,13H,4-7H2,1-3H3,(H,14,16). The highest BCUT2D eigenvalue weighted by molar-refractivity contribution is 5.20. The first-order chi connectivity index (χ1) is 8.70. The molecule has 0 amide bonds. The second kappa shape index (κ2) is 6.15. The molecule has 0 saturated carbocycles. The van der Waals surface area contributed by atoms with Crippen LogP contribution in [0.3, 0.4) is 0 Å². The highest BCUT2D eigenvalue weighted by Gasteiger charge is 2.22. The summed E-state index contributed by atoms with van der Waals surface area (Å²) in [7, 11) is 1.87. The number of hydrogen-bond acceptors (Lipinski definition) is 6. The Morgan fingerprint density at radius 2 is 1.94 bits per heavy atom. The van der Waals surface area contributed by atoms with E-state index in [0.717, 1.165) is 26.1 Å².